The summed E-state index contributed by atoms with van der Waals surface area (Å²) in [5.74, 6) is 0.383. The maximum Gasteiger partial charge on any atom is 0.241 e. The SMILES string of the molecule is NCC1CCN(C(=O)CNC(=O)Cc2cccc3ccccc23)CC1. The van der Waals surface area contributed by atoms with Crippen molar-refractivity contribution in [3.8, 4) is 0 Å². The zero-order valence-corrected chi connectivity index (χ0v) is 14.4. The quantitative estimate of drug-likeness (QED) is 0.870. The number of fused-ring (bicyclic) bond motifs is 1. The number of rotatable bonds is 5. The summed E-state index contributed by atoms with van der Waals surface area (Å²) in [4.78, 5) is 26.3. The van der Waals surface area contributed by atoms with E-state index in [4.69, 9.17) is 5.73 Å². The lowest BCUT2D eigenvalue weighted by Crippen LogP contribution is -2.45. The molecule has 0 radical (unpaired) electrons. The molecule has 2 aromatic rings. The Balaban J connectivity index is 1.52. The standard InChI is InChI=1S/C20H25N3O2/c21-13-15-8-10-23(11-9-15)20(25)14-22-19(24)12-17-6-3-5-16-4-1-2-7-18(16)17/h1-7,15H,8-14,21H2,(H,22,24). The van der Waals surface area contributed by atoms with Crippen molar-refractivity contribution in [2.45, 2.75) is 19.3 Å². The molecule has 3 rings (SSSR count). The molecule has 1 heterocycles. The number of piperidine rings is 1. The number of nitrogens with zero attached hydrogens (tertiary/aromatic N) is 1. The highest BCUT2D eigenvalue weighted by Crippen LogP contribution is 2.19. The average molecular weight is 339 g/mol. The number of amides is 2. The van der Waals surface area contributed by atoms with Crippen LogP contribution in [0.1, 0.15) is 18.4 Å². The Kier molecular flexibility index (Phi) is 5.66. The van der Waals surface area contributed by atoms with E-state index >= 15 is 0 Å². The molecule has 2 amide bonds. The van der Waals surface area contributed by atoms with Crippen LogP contribution in [0.4, 0.5) is 0 Å². The fourth-order valence-electron chi connectivity index (χ4n) is 3.39. The van der Waals surface area contributed by atoms with Gasteiger partial charge in [-0.1, -0.05) is 42.5 Å². The lowest BCUT2D eigenvalue weighted by Gasteiger charge is -2.31. The molecular formula is C20H25N3O2. The molecule has 0 unspecified atom stereocenters. The topological polar surface area (TPSA) is 75.4 Å². The van der Waals surface area contributed by atoms with Crippen LogP contribution in [0.15, 0.2) is 42.5 Å². The minimum atomic E-state index is -0.124. The van der Waals surface area contributed by atoms with Crippen molar-refractivity contribution in [1.29, 1.82) is 0 Å². The van der Waals surface area contributed by atoms with E-state index in [2.05, 4.69) is 5.32 Å². The number of nitrogens with one attached hydrogen (secondary N) is 1. The predicted octanol–water partition coefficient (Wildman–Crippen LogP) is 1.70. The Morgan fingerprint density at radius 3 is 2.56 bits per heavy atom. The van der Waals surface area contributed by atoms with E-state index in [0.717, 1.165) is 42.3 Å². The molecule has 3 N–H and O–H groups in total. The van der Waals surface area contributed by atoms with Crippen molar-refractivity contribution in [2.24, 2.45) is 11.7 Å². The summed E-state index contributed by atoms with van der Waals surface area (Å²) in [5, 5.41) is 4.96. The third-order valence-electron chi connectivity index (χ3n) is 4.97. The van der Waals surface area contributed by atoms with E-state index in [1.54, 1.807) is 0 Å². The Morgan fingerprint density at radius 1 is 1.08 bits per heavy atom. The van der Waals surface area contributed by atoms with Gasteiger partial charge in [-0.05, 0) is 41.6 Å². The third kappa shape index (κ3) is 4.37. The smallest absolute Gasteiger partial charge is 0.241 e. The van der Waals surface area contributed by atoms with Gasteiger partial charge in [0.25, 0.3) is 0 Å². The van der Waals surface area contributed by atoms with Crippen molar-refractivity contribution in [2.75, 3.05) is 26.2 Å². The average Bonchev–Trinajstić information content (AvgIpc) is 2.66. The minimum absolute atomic E-state index is 0.0123. The van der Waals surface area contributed by atoms with Crippen LogP contribution in [0.5, 0.6) is 0 Å². The van der Waals surface area contributed by atoms with Gasteiger partial charge in [0.05, 0.1) is 13.0 Å². The molecule has 0 aromatic heterocycles. The Hall–Kier alpha value is -2.40. The monoisotopic (exact) mass is 339 g/mol. The van der Waals surface area contributed by atoms with E-state index < -0.39 is 0 Å². The fraction of sp³-hybridized carbons (Fsp3) is 0.400. The highest BCUT2D eigenvalue weighted by Gasteiger charge is 2.22. The van der Waals surface area contributed by atoms with E-state index in [-0.39, 0.29) is 24.8 Å². The summed E-state index contributed by atoms with van der Waals surface area (Å²) in [6, 6.07) is 14.0. The molecule has 0 spiro atoms. The zero-order chi connectivity index (χ0) is 17.6. The summed E-state index contributed by atoms with van der Waals surface area (Å²) in [6.45, 7) is 2.22. The first kappa shape index (κ1) is 17.4. The van der Waals surface area contributed by atoms with Crippen LogP contribution >= 0.6 is 0 Å². The number of carbonyl (C=O) groups is 2. The van der Waals surface area contributed by atoms with Gasteiger partial charge in [0.1, 0.15) is 0 Å². The van der Waals surface area contributed by atoms with Crippen molar-refractivity contribution in [1.82, 2.24) is 10.2 Å². The summed E-state index contributed by atoms with van der Waals surface area (Å²) in [6.07, 6.45) is 2.18. The number of carbonyl (C=O) groups excluding carboxylic acids is 2. The van der Waals surface area contributed by atoms with Gasteiger partial charge in [0.2, 0.25) is 11.8 Å². The molecule has 1 aliphatic heterocycles. The van der Waals surface area contributed by atoms with Crippen LogP contribution in [0, 0.1) is 5.92 Å². The van der Waals surface area contributed by atoms with Crippen LogP contribution < -0.4 is 11.1 Å². The van der Waals surface area contributed by atoms with Gasteiger partial charge in [-0.3, -0.25) is 9.59 Å². The molecule has 0 atom stereocenters. The third-order valence-corrected chi connectivity index (χ3v) is 4.97. The molecule has 1 fully saturated rings. The molecule has 5 nitrogen and oxygen atoms in total. The van der Waals surface area contributed by atoms with Crippen LogP contribution in [0.3, 0.4) is 0 Å². The number of hydrogen-bond donors (Lipinski definition) is 2. The van der Waals surface area contributed by atoms with Gasteiger partial charge in [-0.25, -0.2) is 0 Å². The van der Waals surface area contributed by atoms with Gasteiger partial charge in [0, 0.05) is 13.1 Å². The molecule has 25 heavy (non-hydrogen) atoms. The van der Waals surface area contributed by atoms with Gasteiger partial charge >= 0.3 is 0 Å². The van der Waals surface area contributed by atoms with Crippen LogP contribution in [-0.2, 0) is 16.0 Å². The normalized spacial score (nSPS) is 15.3. The van der Waals surface area contributed by atoms with E-state index in [1.165, 1.54) is 0 Å². The first-order valence-corrected chi connectivity index (χ1v) is 8.88. The second-order valence-corrected chi connectivity index (χ2v) is 6.65. The van der Waals surface area contributed by atoms with Crippen molar-refractivity contribution in [3.63, 3.8) is 0 Å². The van der Waals surface area contributed by atoms with Gasteiger partial charge in [-0.2, -0.15) is 0 Å². The Bertz CT molecular complexity index is 746. The zero-order valence-electron chi connectivity index (χ0n) is 14.4. The van der Waals surface area contributed by atoms with Gasteiger partial charge in [-0.15, -0.1) is 0 Å². The summed E-state index contributed by atoms with van der Waals surface area (Å²) in [7, 11) is 0. The number of hydrogen-bond acceptors (Lipinski definition) is 3. The minimum Gasteiger partial charge on any atom is -0.347 e. The van der Waals surface area contributed by atoms with Crippen molar-refractivity contribution < 1.29 is 9.59 Å². The molecule has 0 aliphatic carbocycles. The molecule has 0 bridgehead atoms. The van der Waals surface area contributed by atoms with Crippen LogP contribution in [0.25, 0.3) is 10.8 Å². The molecule has 2 aromatic carbocycles. The maximum atomic E-state index is 12.2. The molecule has 1 aliphatic rings. The number of likely N-dealkylation sites (tertiary alicyclic amines) is 1. The highest BCUT2D eigenvalue weighted by molar-refractivity contribution is 5.91. The van der Waals surface area contributed by atoms with E-state index in [1.807, 2.05) is 47.4 Å². The Labute approximate surface area is 148 Å². The highest BCUT2D eigenvalue weighted by atomic mass is 16.2. The molecule has 0 saturated carbocycles. The second kappa shape index (κ2) is 8.12. The van der Waals surface area contributed by atoms with E-state index in [9.17, 15) is 9.59 Å². The largest absolute Gasteiger partial charge is 0.347 e. The summed E-state index contributed by atoms with van der Waals surface area (Å²) in [5.41, 5.74) is 6.65. The first-order valence-electron chi connectivity index (χ1n) is 8.88. The molecule has 5 heteroatoms. The first-order chi connectivity index (χ1) is 12.2. The fourth-order valence-corrected chi connectivity index (χ4v) is 3.39. The lowest BCUT2D eigenvalue weighted by molar-refractivity contribution is -0.133. The summed E-state index contributed by atoms with van der Waals surface area (Å²) < 4.78 is 0. The molecular weight excluding hydrogens is 314 g/mol. The van der Waals surface area contributed by atoms with Crippen molar-refractivity contribution in [3.05, 3.63) is 48.0 Å². The van der Waals surface area contributed by atoms with E-state index in [0.29, 0.717) is 12.5 Å². The number of nitrogens with two attached hydrogens (primary N) is 1. The molecule has 1 saturated heterocycles. The lowest BCUT2D eigenvalue weighted by atomic mass is 9.97. The van der Waals surface area contributed by atoms with Gasteiger partial charge in [0.15, 0.2) is 0 Å². The van der Waals surface area contributed by atoms with Crippen LogP contribution in [0.2, 0.25) is 0 Å². The van der Waals surface area contributed by atoms with Crippen molar-refractivity contribution >= 4 is 22.6 Å². The maximum absolute atomic E-state index is 12.2. The number of benzene rings is 2. The van der Waals surface area contributed by atoms with Gasteiger partial charge < -0.3 is 16.0 Å². The summed E-state index contributed by atoms with van der Waals surface area (Å²) >= 11 is 0. The predicted molar refractivity (Wildman–Crippen MR) is 99.0 cm³/mol. The van der Waals surface area contributed by atoms with Crippen LogP contribution in [-0.4, -0.2) is 42.9 Å². The second-order valence-electron chi connectivity index (χ2n) is 6.65. The molecule has 132 valence electrons. The Morgan fingerprint density at radius 2 is 1.80 bits per heavy atom.